The van der Waals surface area contributed by atoms with Crippen molar-refractivity contribution in [2.24, 2.45) is 0 Å². The van der Waals surface area contributed by atoms with Crippen LogP contribution < -0.4 is 4.74 Å². The number of aromatic amines is 1. The molecule has 5 nitrogen and oxygen atoms in total. The summed E-state index contributed by atoms with van der Waals surface area (Å²) in [5, 5.41) is 7.88. The lowest BCUT2D eigenvalue weighted by Crippen LogP contribution is -2.29. The summed E-state index contributed by atoms with van der Waals surface area (Å²) < 4.78 is 18.4. The lowest BCUT2D eigenvalue weighted by molar-refractivity contribution is 0.0784. The van der Waals surface area contributed by atoms with Gasteiger partial charge in [0.05, 0.1) is 12.1 Å². The number of aryl methyl sites for hydroxylation is 1. The van der Waals surface area contributed by atoms with E-state index < -0.39 is 0 Å². The molecule has 3 aromatic rings. The molecule has 0 fully saturated rings. The van der Waals surface area contributed by atoms with Gasteiger partial charge in [0.25, 0.3) is 5.91 Å². The normalized spacial score (nSPS) is 10.8. The van der Waals surface area contributed by atoms with Crippen LogP contribution in [0.5, 0.6) is 5.75 Å². The number of hydrogen-bond acceptors (Lipinski definition) is 3. The molecule has 0 saturated carbocycles. The Morgan fingerprint density at radius 2 is 2.00 bits per heavy atom. The van der Waals surface area contributed by atoms with Gasteiger partial charge in [-0.05, 0) is 49.7 Å². The summed E-state index contributed by atoms with van der Waals surface area (Å²) in [6, 6.07) is 11.7. The molecule has 0 saturated heterocycles. The van der Waals surface area contributed by atoms with Gasteiger partial charge in [-0.3, -0.25) is 9.89 Å². The Morgan fingerprint density at radius 3 is 2.76 bits per heavy atom. The van der Waals surface area contributed by atoms with Gasteiger partial charge in [-0.25, -0.2) is 4.39 Å². The van der Waals surface area contributed by atoms with E-state index in [0.717, 1.165) is 16.5 Å². The fourth-order valence-electron chi connectivity index (χ4n) is 2.60. The van der Waals surface area contributed by atoms with Crippen LogP contribution in [0.15, 0.2) is 42.5 Å². The van der Waals surface area contributed by atoms with Gasteiger partial charge in [-0.15, -0.1) is 0 Å². The first-order chi connectivity index (χ1) is 12.0. The van der Waals surface area contributed by atoms with Crippen LogP contribution in [-0.4, -0.2) is 41.2 Å². The minimum absolute atomic E-state index is 0.126. The van der Waals surface area contributed by atoms with Crippen molar-refractivity contribution in [3.63, 3.8) is 0 Å². The van der Waals surface area contributed by atoms with E-state index >= 15 is 0 Å². The van der Waals surface area contributed by atoms with Crippen molar-refractivity contribution < 1.29 is 13.9 Å². The average Bonchev–Trinajstić information content (AvgIpc) is 3.02. The van der Waals surface area contributed by atoms with Crippen molar-refractivity contribution in [1.29, 1.82) is 0 Å². The van der Waals surface area contributed by atoms with Crippen LogP contribution in [-0.2, 0) is 0 Å². The van der Waals surface area contributed by atoms with Gasteiger partial charge in [-0.1, -0.05) is 11.6 Å². The summed E-state index contributed by atoms with van der Waals surface area (Å²) in [7, 11) is 1.75. The number of aromatic nitrogens is 2. The SMILES string of the molecule is Cc1ccc2[nH]nc(C(=O)N(C)CCCOc3ccc(F)cc3)c2c1. The Bertz CT molecular complexity index is 874. The Kier molecular flexibility index (Phi) is 4.97. The molecule has 0 radical (unpaired) electrons. The molecule has 6 heteroatoms. The number of rotatable bonds is 6. The summed E-state index contributed by atoms with van der Waals surface area (Å²) in [6.07, 6.45) is 0.668. The third-order valence-corrected chi connectivity index (χ3v) is 3.99. The van der Waals surface area contributed by atoms with Crippen LogP contribution in [0.4, 0.5) is 4.39 Å². The fraction of sp³-hybridized carbons (Fsp3) is 0.263. The van der Waals surface area contributed by atoms with Gasteiger partial charge in [-0.2, -0.15) is 5.10 Å². The van der Waals surface area contributed by atoms with E-state index in [1.807, 2.05) is 25.1 Å². The number of amides is 1. The van der Waals surface area contributed by atoms with Crippen molar-refractivity contribution in [3.8, 4) is 5.75 Å². The van der Waals surface area contributed by atoms with E-state index in [1.54, 1.807) is 24.1 Å². The molecule has 0 aliphatic heterocycles. The molecule has 1 aromatic heterocycles. The van der Waals surface area contributed by atoms with Gasteiger partial charge < -0.3 is 9.64 Å². The lowest BCUT2D eigenvalue weighted by atomic mass is 10.1. The average molecular weight is 341 g/mol. The van der Waals surface area contributed by atoms with E-state index in [-0.39, 0.29) is 11.7 Å². The molecule has 0 unspecified atom stereocenters. The number of nitrogens with one attached hydrogen (secondary N) is 1. The fourth-order valence-corrected chi connectivity index (χ4v) is 2.60. The number of ether oxygens (including phenoxy) is 1. The number of fused-ring (bicyclic) bond motifs is 1. The monoisotopic (exact) mass is 341 g/mol. The quantitative estimate of drug-likeness (QED) is 0.698. The number of carbonyl (C=O) groups excluding carboxylic acids is 1. The molecule has 25 heavy (non-hydrogen) atoms. The van der Waals surface area contributed by atoms with Crippen LogP contribution >= 0.6 is 0 Å². The van der Waals surface area contributed by atoms with E-state index in [2.05, 4.69) is 10.2 Å². The van der Waals surface area contributed by atoms with Crippen molar-refractivity contribution >= 4 is 16.8 Å². The van der Waals surface area contributed by atoms with Crippen molar-refractivity contribution in [1.82, 2.24) is 15.1 Å². The largest absolute Gasteiger partial charge is 0.494 e. The first kappa shape index (κ1) is 17.0. The third-order valence-electron chi connectivity index (χ3n) is 3.99. The van der Waals surface area contributed by atoms with E-state index in [0.29, 0.717) is 31.0 Å². The van der Waals surface area contributed by atoms with Crippen LogP contribution in [0.25, 0.3) is 10.9 Å². The zero-order valence-corrected chi connectivity index (χ0v) is 14.3. The van der Waals surface area contributed by atoms with E-state index in [9.17, 15) is 9.18 Å². The van der Waals surface area contributed by atoms with Crippen LogP contribution in [0.1, 0.15) is 22.5 Å². The number of hydrogen-bond donors (Lipinski definition) is 1. The molecule has 0 spiro atoms. The molecule has 1 N–H and O–H groups in total. The zero-order chi connectivity index (χ0) is 17.8. The zero-order valence-electron chi connectivity index (χ0n) is 14.3. The van der Waals surface area contributed by atoms with E-state index in [4.69, 9.17) is 4.74 Å². The number of H-pyrrole nitrogens is 1. The molecule has 130 valence electrons. The molecule has 0 aliphatic rings. The maximum Gasteiger partial charge on any atom is 0.274 e. The van der Waals surface area contributed by atoms with Gasteiger partial charge >= 0.3 is 0 Å². The molecule has 0 aliphatic carbocycles. The molecule has 0 atom stereocenters. The summed E-state index contributed by atoms with van der Waals surface area (Å²) in [4.78, 5) is 14.2. The second-order valence-corrected chi connectivity index (χ2v) is 6.00. The smallest absolute Gasteiger partial charge is 0.274 e. The van der Waals surface area contributed by atoms with Crippen molar-refractivity contribution in [2.45, 2.75) is 13.3 Å². The minimum Gasteiger partial charge on any atom is -0.494 e. The summed E-state index contributed by atoms with van der Waals surface area (Å²) in [6.45, 7) is 2.97. The van der Waals surface area contributed by atoms with Gasteiger partial charge in [0, 0.05) is 19.0 Å². The number of carbonyl (C=O) groups is 1. The molecule has 2 aromatic carbocycles. The van der Waals surface area contributed by atoms with Gasteiger partial charge in [0.2, 0.25) is 0 Å². The van der Waals surface area contributed by atoms with E-state index in [1.165, 1.54) is 12.1 Å². The molecule has 1 heterocycles. The Balaban J connectivity index is 1.55. The molecule has 3 rings (SSSR count). The Hall–Kier alpha value is -2.89. The molecular weight excluding hydrogens is 321 g/mol. The summed E-state index contributed by atoms with van der Waals surface area (Å²) >= 11 is 0. The predicted octanol–water partition coefficient (Wildman–Crippen LogP) is 3.55. The van der Waals surface area contributed by atoms with Crippen molar-refractivity contribution in [2.75, 3.05) is 20.2 Å². The van der Waals surface area contributed by atoms with Crippen LogP contribution in [0.3, 0.4) is 0 Å². The van der Waals surface area contributed by atoms with Gasteiger partial charge in [0.1, 0.15) is 11.6 Å². The molecule has 0 bridgehead atoms. The predicted molar refractivity (Wildman–Crippen MR) is 94.3 cm³/mol. The second-order valence-electron chi connectivity index (χ2n) is 6.00. The highest BCUT2D eigenvalue weighted by atomic mass is 19.1. The Morgan fingerprint density at radius 1 is 1.24 bits per heavy atom. The topological polar surface area (TPSA) is 58.2 Å². The minimum atomic E-state index is -0.292. The lowest BCUT2D eigenvalue weighted by Gasteiger charge is -2.16. The van der Waals surface area contributed by atoms with Crippen LogP contribution in [0.2, 0.25) is 0 Å². The highest BCUT2D eigenvalue weighted by Crippen LogP contribution is 2.18. The van der Waals surface area contributed by atoms with Crippen molar-refractivity contribution in [3.05, 3.63) is 59.5 Å². The standard InChI is InChI=1S/C19H20FN3O2/c1-13-4-9-17-16(12-13)18(22-21-17)19(24)23(2)10-3-11-25-15-7-5-14(20)6-8-15/h4-9,12H,3,10-11H2,1-2H3,(H,21,22). The maximum absolute atomic E-state index is 12.8. The first-order valence-electron chi connectivity index (χ1n) is 8.13. The number of benzene rings is 2. The molecule has 1 amide bonds. The Labute approximate surface area is 145 Å². The highest BCUT2D eigenvalue weighted by molar-refractivity contribution is 6.04. The number of nitrogens with zero attached hydrogens (tertiary/aromatic N) is 2. The number of halogens is 1. The summed E-state index contributed by atoms with van der Waals surface area (Å²) in [5.41, 5.74) is 2.36. The van der Waals surface area contributed by atoms with Crippen LogP contribution in [0, 0.1) is 12.7 Å². The highest BCUT2D eigenvalue weighted by Gasteiger charge is 2.18. The molecular formula is C19H20FN3O2. The summed E-state index contributed by atoms with van der Waals surface area (Å²) in [5.74, 6) is 0.196. The first-order valence-corrected chi connectivity index (χ1v) is 8.13. The van der Waals surface area contributed by atoms with Gasteiger partial charge in [0.15, 0.2) is 5.69 Å². The maximum atomic E-state index is 12.8. The second kappa shape index (κ2) is 7.34. The third kappa shape index (κ3) is 3.96.